The molecule has 0 radical (unpaired) electrons. The number of thioether (sulfide) groups is 1. The number of hydrogen-bond acceptors (Lipinski definition) is 1. The van der Waals surface area contributed by atoms with Crippen LogP contribution in [0.2, 0.25) is 0 Å². The van der Waals surface area contributed by atoms with Gasteiger partial charge in [0.15, 0.2) is 0 Å². The summed E-state index contributed by atoms with van der Waals surface area (Å²) >= 11 is 1.74. The van der Waals surface area contributed by atoms with Crippen LogP contribution in [0.4, 0.5) is 0 Å². The summed E-state index contributed by atoms with van der Waals surface area (Å²) in [6.07, 6.45) is 8.34. The fourth-order valence-electron chi connectivity index (χ4n) is 1.24. The van der Waals surface area contributed by atoms with Gasteiger partial charge in [-0.1, -0.05) is 59.3 Å². The Hall–Kier alpha value is -1.21. The molecule has 0 N–H and O–H groups in total. The first-order valence-electron chi connectivity index (χ1n) is 5.42. The molecule has 0 unspecified atom stereocenters. The van der Waals surface area contributed by atoms with Gasteiger partial charge in [0.1, 0.15) is 0 Å². The van der Waals surface area contributed by atoms with Gasteiger partial charge in [0.05, 0.1) is 0 Å². The van der Waals surface area contributed by atoms with Crippen LogP contribution in [0, 0.1) is 6.92 Å². The van der Waals surface area contributed by atoms with E-state index in [-0.39, 0.29) is 0 Å². The Morgan fingerprint density at radius 1 is 1.19 bits per heavy atom. The standard InChI is InChI=1S/C15H18S/c1-4-6-13(2)7-5-12-16-15-10-8-14(3)9-11-15/h4-12H,1-3H3/b6-4-,12-5+,13-7-. The fourth-order valence-corrected chi connectivity index (χ4v) is 1.85. The Morgan fingerprint density at radius 3 is 2.50 bits per heavy atom. The molecule has 0 saturated heterocycles. The van der Waals surface area contributed by atoms with E-state index in [1.54, 1.807) is 11.8 Å². The molecule has 0 nitrogen and oxygen atoms in total. The van der Waals surface area contributed by atoms with E-state index in [9.17, 15) is 0 Å². The average molecular weight is 230 g/mol. The van der Waals surface area contributed by atoms with Gasteiger partial charge in [-0.3, -0.25) is 0 Å². The van der Waals surface area contributed by atoms with E-state index in [1.807, 2.05) is 13.0 Å². The molecule has 0 aromatic heterocycles. The molecule has 0 aliphatic carbocycles. The number of rotatable bonds is 4. The Bertz CT molecular complexity index is 394. The fraction of sp³-hybridized carbons (Fsp3) is 0.200. The Morgan fingerprint density at radius 2 is 1.88 bits per heavy atom. The van der Waals surface area contributed by atoms with Crippen molar-refractivity contribution in [1.29, 1.82) is 0 Å². The van der Waals surface area contributed by atoms with Crippen molar-refractivity contribution in [3.05, 3.63) is 65.1 Å². The van der Waals surface area contributed by atoms with Crippen LogP contribution in [0.25, 0.3) is 0 Å². The smallest absolute Gasteiger partial charge is 0.0116 e. The first-order valence-corrected chi connectivity index (χ1v) is 6.30. The molecule has 1 aromatic rings. The first-order chi connectivity index (χ1) is 7.72. The largest absolute Gasteiger partial charge is 0.0981 e. The van der Waals surface area contributed by atoms with Crippen LogP contribution in [0.5, 0.6) is 0 Å². The molecule has 0 spiro atoms. The van der Waals surface area contributed by atoms with E-state index in [0.29, 0.717) is 0 Å². The maximum absolute atomic E-state index is 2.15. The number of hydrogen-bond donors (Lipinski definition) is 0. The normalized spacial score (nSPS) is 12.8. The van der Waals surface area contributed by atoms with Crippen molar-refractivity contribution in [2.75, 3.05) is 0 Å². The molecule has 1 rings (SSSR count). The third kappa shape index (κ3) is 5.04. The lowest BCUT2D eigenvalue weighted by Gasteiger charge is -1.95. The summed E-state index contributed by atoms with van der Waals surface area (Å²) in [4.78, 5) is 1.28. The topological polar surface area (TPSA) is 0 Å². The van der Waals surface area contributed by atoms with Crippen molar-refractivity contribution in [3.8, 4) is 0 Å². The zero-order chi connectivity index (χ0) is 11.8. The van der Waals surface area contributed by atoms with Crippen LogP contribution >= 0.6 is 11.8 Å². The van der Waals surface area contributed by atoms with Gasteiger partial charge in [-0.05, 0) is 38.3 Å². The molecular weight excluding hydrogens is 212 g/mol. The molecule has 0 bridgehead atoms. The third-order valence-corrected chi connectivity index (χ3v) is 2.93. The molecule has 0 amide bonds. The maximum atomic E-state index is 2.15. The molecule has 0 saturated carbocycles. The maximum Gasteiger partial charge on any atom is 0.0116 e. The van der Waals surface area contributed by atoms with Crippen LogP contribution < -0.4 is 0 Å². The van der Waals surface area contributed by atoms with Crippen molar-refractivity contribution in [2.24, 2.45) is 0 Å². The van der Waals surface area contributed by atoms with Crippen LogP contribution in [-0.2, 0) is 0 Å². The van der Waals surface area contributed by atoms with Gasteiger partial charge in [0.2, 0.25) is 0 Å². The van der Waals surface area contributed by atoms with Gasteiger partial charge in [-0.15, -0.1) is 0 Å². The second kappa shape index (κ2) is 7.13. The molecule has 0 atom stereocenters. The van der Waals surface area contributed by atoms with Crippen LogP contribution in [0.1, 0.15) is 19.4 Å². The molecule has 84 valence electrons. The molecule has 1 heteroatoms. The third-order valence-electron chi connectivity index (χ3n) is 2.09. The number of benzene rings is 1. The summed E-state index contributed by atoms with van der Waals surface area (Å²) in [5, 5.41) is 2.11. The Kier molecular flexibility index (Phi) is 5.73. The van der Waals surface area contributed by atoms with Gasteiger partial charge in [-0.2, -0.15) is 0 Å². The van der Waals surface area contributed by atoms with Crippen molar-refractivity contribution in [3.63, 3.8) is 0 Å². The van der Waals surface area contributed by atoms with Crippen molar-refractivity contribution in [1.82, 2.24) is 0 Å². The molecule has 1 aromatic carbocycles. The van der Waals surface area contributed by atoms with E-state index in [0.717, 1.165) is 0 Å². The van der Waals surface area contributed by atoms with Gasteiger partial charge < -0.3 is 0 Å². The van der Waals surface area contributed by atoms with Crippen LogP contribution in [0.3, 0.4) is 0 Å². The minimum absolute atomic E-state index is 1.27. The zero-order valence-corrected chi connectivity index (χ0v) is 10.9. The second-order valence-electron chi connectivity index (χ2n) is 3.67. The van der Waals surface area contributed by atoms with Gasteiger partial charge in [0.25, 0.3) is 0 Å². The van der Waals surface area contributed by atoms with Gasteiger partial charge in [0, 0.05) is 4.90 Å². The van der Waals surface area contributed by atoms with E-state index in [2.05, 4.69) is 61.7 Å². The first kappa shape index (κ1) is 12.9. The van der Waals surface area contributed by atoms with Gasteiger partial charge in [-0.25, -0.2) is 0 Å². The van der Waals surface area contributed by atoms with E-state index < -0.39 is 0 Å². The SMILES string of the molecule is C\C=C/C(C)=C\C=C\Sc1ccc(C)cc1. The summed E-state index contributed by atoms with van der Waals surface area (Å²) in [5.74, 6) is 0. The number of allylic oxidation sites excluding steroid dienone is 5. The summed E-state index contributed by atoms with van der Waals surface area (Å²) < 4.78 is 0. The summed E-state index contributed by atoms with van der Waals surface area (Å²) in [6.45, 7) is 6.23. The average Bonchev–Trinajstić information content (AvgIpc) is 2.27. The minimum Gasteiger partial charge on any atom is -0.0981 e. The van der Waals surface area contributed by atoms with E-state index >= 15 is 0 Å². The summed E-state index contributed by atoms with van der Waals surface area (Å²) in [5.41, 5.74) is 2.57. The highest BCUT2D eigenvalue weighted by Crippen LogP contribution is 2.19. The second-order valence-corrected chi connectivity index (χ2v) is 4.65. The lowest BCUT2D eigenvalue weighted by atomic mass is 10.2. The van der Waals surface area contributed by atoms with E-state index in [1.165, 1.54) is 16.0 Å². The lowest BCUT2D eigenvalue weighted by Crippen LogP contribution is -1.70. The monoisotopic (exact) mass is 230 g/mol. The molecule has 0 fully saturated rings. The summed E-state index contributed by atoms with van der Waals surface area (Å²) in [6, 6.07) is 8.56. The quantitative estimate of drug-likeness (QED) is 0.511. The highest BCUT2D eigenvalue weighted by molar-refractivity contribution is 8.02. The van der Waals surface area contributed by atoms with E-state index in [4.69, 9.17) is 0 Å². The van der Waals surface area contributed by atoms with Crippen LogP contribution in [-0.4, -0.2) is 0 Å². The highest BCUT2D eigenvalue weighted by atomic mass is 32.2. The van der Waals surface area contributed by atoms with Crippen molar-refractivity contribution >= 4 is 11.8 Å². The predicted octanol–water partition coefficient (Wildman–Crippen LogP) is 5.12. The molecule has 0 heterocycles. The van der Waals surface area contributed by atoms with Crippen molar-refractivity contribution < 1.29 is 0 Å². The minimum atomic E-state index is 1.27. The predicted molar refractivity (Wildman–Crippen MR) is 74.7 cm³/mol. The summed E-state index contributed by atoms with van der Waals surface area (Å²) in [7, 11) is 0. The molecule has 16 heavy (non-hydrogen) atoms. The van der Waals surface area contributed by atoms with Gasteiger partial charge >= 0.3 is 0 Å². The molecule has 0 aliphatic heterocycles. The Balaban J connectivity index is 2.48. The zero-order valence-electron chi connectivity index (χ0n) is 10.1. The lowest BCUT2D eigenvalue weighted by molar-refractivity contribution is 1.38. The molecule has 0 aliphatic rings. The van der Waals surface area contributed by atoms with Crippen molar-refractivity contribution in [2.45, 2.75) is 25.7 Å². The Labute approximate surface area is 103 Å². The van der Waals surface area contributed by atoms with Crippen LogP contribution in [0.15, 0.2) is 64.4 Å². The highest BCUT2D eigenvalue weighted by Gasteiger charge is 1.88. The molecular formula is C15H18S. The number of aryl methyl sites for hydroxylation is 1.